The molecule has 0 bridgehead atoms. The molecule has 25 heavy (non-hydrogen) atoms. The van der Waals surface area contributed by atoms with Gasteiger partial charge in [-0.25, -0.2) is 4.98 Å². The van der Waals surface area contributed by atoms with Crippen molar-refractivity contribution < 1.29 is 22.7 Å². The number of nitrogens with zero attached hydrogens (tertiary/aromatic N) is 1. The number of ether oxygens (including phenoxy) is 1. The van der Waals surface area contributed by atoms with Crippen molar-refractivity contribution in [2.75, 3.05) is 5.32 Å². The van der Waals surface area contributed by atoms with Gasteiger partial charge in [-0.2, -0.15) is 0 Å². The summed E-state index contributed by atoms with van der Waals surface area (Å²) >= 11 is 1.54. The van der Waals surface area contributed by atoms with E-state index in [0.29, 0.717) is 12.1 Å². The number of benzene rings is 2. The van der Waals surface area contributed by atoms with Gasteiger partial charge in [0.2, 0.25) is 5.91 Å². The van der Waals surface area contributed by atoms with Crippen LogP contribution in [0.3, 0.4) is 0 Å². The third-order valence-corrected chi connectivity index (χ3v) is 4.37. The van der Waals surface area contributed by atoms with Gasteiger partial charge in [-0.05, 0) is 36.4 Å². The summed E-state index contributed by atoms with van der Waals surface area (Å²) in [6.07, 6.45) is -4.00. The number of alkyl halides is 3. The Bertz CT molecular complexity index is 842. The Kier molecular flexibility index (Phi) is 4.89. The molecule has 1 amide bonds. The van der Waals surface area contributed by atoms with Crippen molar-refractivity contribution in [3.8, 4) is 5.75 Å². The number of carbonyl (C=O) groups is 1. The van der Waals surface area contributed by atoms with Crippen LogP contribution < -0.4 is 10.1 Å². The van der Waals surface area contributed by atoms with Crippen molar-refractivity contribution in [2.45, 2.75) is 19.2 Å². The molecule has 1 heterocycles. The van der Waals surface area contributed by atoms with Gasteiger partial charge in [0.15, 0.2) is 0 Å². The molecule has 0 saturated carbocycles. The van der Waals surface area contributed by atoms with E-state index in [9.17, 15) is 18.0 Å². The number of carbonyl (C=O) groups excluding carboxylic acids is 1. The highest BCUT2D eigenvalue weighted by Crippen LogP contribution is 2.25. The van der Waals surface area contributed by atoms with Gasteiger partial charge in [-0.1, -0.05) is 12.1 Å². The molecule has 130 valence electrons. The lowest BCUT2D eigenvalue weighted by atomic mass is 10.2. The van der Waals surface area contributed by atoms with Crippen LogP contribution in [0.25, 0.3) is 10.2 Å². The van der Waals surface area contributed by atoms with E-state index in [0.717, 1.165) is 27.4 Å². The van der Waals surface area contributed by atoms with Crippen LogP contribution >= 0.6 is 11.3 Å². The number of hydrogen-bond acceptors (Lipinski definition) is 4. The number of aromatic nitrogens is 1. The number of rotatable bonds is 5. The quantitative estimate of drug-likeness (QED) is 0.708. The van der Waals surface area contributed by atoms with E-state index in [1.807, 2.05) is 24.3 Å². The number of para-hydroxylation sites is 1. The van der Waals surface area contributed by atoms with Gasteiger partial charge in [0.25, 0.3) is 0 Å². The van der Waals surface area contributed by atoms with Gasteiger partial charge in [0.1, 0.15) is 5.75 Å². The van der Waals surface area contributed by atoms with Crippen LogP contribution in [0, 0.1) is 0 Å². The van der Waals surface area contributed by atoms with Gasteiger partial charge >= 0.3 is 6.36 Å². The molecule has 0 radical (unpaired) electrons. The minimum Gasteiger partial charge on any atom is -0.406 e. The number of thiazole rings is 1. The SMILES string of the molecule is O=C(CCc1nc2ccccc2s1)Nc1ccc(OC(F)(F)F)cc1. The first-order valence-corrected chi connectivity index (χ1v) is 8.21. The van der Waals surface area contributed by atoms with Crippen LogP contribution in [-0.4, -0.2) is 17.3 Å². The third kappa shape index (κ3) is 4.93. The highest BCUT2D eigenvalue weighted by atomic mass is 32.1. The van der Waals surface area contributed by atoms with Crippen LogP contribution in [0.2, 0.25) is 0 Å². The molecule has 3 rings (SSSR count). The molecule has 1 aromatic heterocycles. The van der Waals surface area contributed by atoms with E-state index in [1.165, 1.54) is 23.5 Å². The summed E-state index contributed by atoms with van der Waals surface area (Å²) in [6.45, 7) is 0. The molecule has 0 saturated heterocycles. The van der Waals surface area contributed by atoms with Crippen molar-refractivity contribution in [3.05, 3.63) is 53.5 Å². The number of anilines is 1. The van der Waals surface area contributed by atoms with Crippen LogP contribution in [0.4, 0.5) is 18.9 Å². The highest BCUT2D eigenvalue weighted by molar-refractivity contribution is 7.18. The predicted molar refractivity (Wildman–Crippen MR) is 89.7 cm³/mol. The Labute approximate surface area is 145 Å². The summed E-state index contributed by atoms with van der Waals surface area (Å²) in [5.41, 5.74) is 1.31. The molecule has 1 N–H and O–H groups in total. The summed E-state index contributed by atoms with van der Waals surface area (Å²) in [6, 6.07) is 12.7. The topological polar surface area (TPSA) is 51.2 Å². The van der Waals surface area contributed by atoms with Gasteiger partial charge < -0.3 is 10.1 Å². The molecule has 0 unspecified atom stereocenters. The van der Waals surface area contributed by atoms with Crippen LogP contribution in [-0.2, 0) is 11.2 Å². The summed E-state index contributed by atoms with van der Waals surface area (Å²) < 4.78 is 41.1. The fourth-order valence-corrected chi connectivity index (χ4v) is 3.18. The van der Waals surface area contributed by atoms with Crippen LogP contribution in [0.1, 0.15) is 11.4 Å². The Morgan fingerprint density at radius 3 is 2.52 bits per heavy atom. The first-order chi connectivity index (χ1) is 11.9. The smallest absolute Gasteiger partial charge is 0.406 e. The molecule has 0 aliphatic rings. The zero-order chi connectivity index (χ0) is 17.9. The average molecular weight is 366 g/mol. The average Bonchev–Trinajstić information content (AvgIpc) is 2.96. The molecular formula is C17H13F3N2O2S. The molecule has 0 atom stereocenters. The highest BCUT2D eigenvalue weighted by Gasteiger charge is 2.30. The van der Waals surface area contributed by atoms with Crippen molar-refractivity contribution in [1.29, 1.82) is 0 Å². The maximum absolute atomic E-state index is 12.1. The molecule has 0 aliphatic carbocycles. The Morgan fingerprint density at radius 1 is 1.12 bits per heavy atom. The molecular weight excluding hydrogens is 353 g/mol. The number of hydrogen-bond donors (Lipinski definition) is 1. The lowest BCUT2D eigenvalue weighted by molar-refractivity contribution is -0.274. The number of fused-ring (bicyclic) bond motifs is 1. The Hall–Kier alpha value is -2.61. The normalized spacial score (nSPS) is 11.5. The molecule has 8 heteroatoms. The summed E-state index contributed by atoms with van der Waals surface area (Å²) in [5.74, 6) is -0.566. The van der Waals surface area contributed by atoms with E-state index < -0.39 is 6.36 Å². The molecule has 3 aromatic rings. The fourth-order valence-electron chi connectivity index (χ4n) is 2.21. The van der Waals surface area contributed by atoms with Crippen LogP contribution in [0.15, 0.2) is 48.5 Å². The maximum Gasteiger partial charge on any atom is 0.573 e. The van der Waals surface area contributed by atoms with E-state index in [-0.39, 0.29) is 18.1 Å². The lowest BCUT2D eigenvalue weighted by Gasteiger charge is -2.09. The first-order valence-electron chi connectivity index (χ1n) is 7.39. The van der Waals surface area contributed by atoms with Crippen LogP contribution in [0.5, 0.6) is 5.75 Å². The number of halogens is 3. The second kappa shape index (κ2) is 7.10. The summed E-state index contributed by atoms with van der Waals surface area (Å²) in [5, 5.41) is 3.50. The third-order valence-electron chi connectivity index (χ3n) is 3.28. The minimum absolute atomic E-state index is 0.233. The van der Waals surface area contributed by atoms with Crippen molar-refractivity contribution >= 4 is 33.1 Å². The number of nitrogens with one attached hydrogen (secondary N) is 1. The van der Waals surface area contributed by atoms with E-state index >= 15 is 0 Å². The Balaban J connectivity index is 1.53. The van der Waals surface area contributed by atoms with Gasteiger partial charge in [0.05, 0.1) is 15.2 Å². The lowest BCUT2D eigenvalue weighted by Crippen LogP contribution is -2.17. The first kappa shape index (κ1) is 17.2. The van der Waals surface area contributed by atoms with Gasteiger partial charge in [0, 0.05) is 18.5 Å². The monoisotopic (exact) mass is 366 g/mol. The molecule has 2 aromatic carbocycles. The number of amides is 1. The molecule has 0 spiro atoms. The maximum atomic E-state index is 12.1. The predicted octanol–water partition coefficient (Wildman–Crippen LogP) is 4.77. The summed E-state index contributed by atoms with van der Waals surface area (Å²) in [7, 11) is 0. The molecule has 0 fully saturated rings. The minimum atomic E-state index is -4.73. The fraction of sp³-hybridized carbons (Fsp3) is 0.176. The largest absolute Gasteiger partial charge is 0.573 e. The van der Waals surface area contributed by atoms with Gasteiger partial charge in [-0.15, -0.1) is 24.5 Å². The zero-order valence-electron chi connectivity index (χ0n) is 12.8. The second-order valence-electron chi connectivity index (χ2n) is 5.20. The standard InChI is InChI=1S/C17H13F3N2O2S/c18-17(19,20)24-12-7-5-11(6-8-12)21-15(23)9-10-16-22-13-3-1-2-4-14(13)25-16/h1-8H,9-10H2,(H,21,23). The zero-order valence-corrected chi connectivity index (χ0v) is 13.7. The Morgan fingerprint density at radius 2 is 1.84 bits per heavy atom. The van der Waals surface area contributed by atoms with Crippen molar-refractivity contribution in [1.82, 2.24) is 4.98 Å². The van der Waals surface area contributed by atoms with Crippen molar-refractivity contribution in [2.24, 2.45) is 0 Å². The van der Waals surface area contributed by atoms with E-state index in [2.05, 4.69) is 15.0 Å². The van der Waals surface area contributed by atoms with E-state index in [4.69, 9.17) is 0 Å². The molecule has 4 nitrogen and oxygen atoms in total. The summed E-state index contributed by atoms with van der Waals surface area (Å²) in [4.78, 5) is 16.4. The van der Waals surface area contributed by atoms with E-state index in [1.54, 1.807) is 0 Å². The number of aryl methyl sites for hydroxylation is 1. The van der Waals surface area contributed by atoms with Crippen molar-refractivity contribution in [3.63, 3.8) is 0 Å². The molecule has 0 aliphatic heterocycles. The second-order valence-corrected chi connectivity index (χ2v) is 6.31. The van der Waals surface area contributed by atoms with Gasteiger partial charge in [-0.3, -0.25) is 4.79 Å².